The molecule has 0 spiro atoms. The Kier molecular flexibility index (Phi) is 4.60. The van der Waals surface area contributed by atoms with Gasteiger partial charge in [0.2, 0.25) is 5.78 Å². The highest BCUT2D eigenvalue weighted by Gasteiger charge is 2.20. The van der Waals surface area contributed by atoms with Crippen molar-refractivity contribution in [2.24, 2.45) is 7.05 Å². The average Bonchev–Trinajstić information content (AvgIpc) is 3.15. The number of hydrogen-bond donors (Lipinski definition) is 0. The molecule has 4 rings (SSSR count). The molecule has 4 aromatic rings. The molecule has 1 unspecified atom stereocenters. The van der Waals surface area contributed by atoms with Gasteiger partial charge in [-0.25, -0.2) is 0 Å². The van der Waals surface area contributed by atoms with E-state index in [0.29, 0.717) is 17.7 Å². The number of para-hydroxylation sites is 2. The van der Waals surface area contributed by atoms with Crippen LogP contribution in [0.5, 0.6) is 5.75 Å². The Balaban J connectivity index is 1.77. The molecule has 28 heavy (non-hydrogen) atoms. The summed E-state index contributed by atoms with van der Waals surface area (Å²) in [7, 11) is 5.45. The molecule has 7 heteroatoms. The normalized spacial score (nSPS) is 12.8. The summed E-state index contributed by atoms with van der Waals surface area (Å²) in [4.78, 5) is 14.8. The van der Waals surface area contributed by atoms with E-state index in [2.05, 4.69) is 28.1 Å². The summed E-state index contributed by atoms with van der Waals surface area (Å²) in [5.74, 6) is 2.18. The van der Waals surface area contributed by atoms with Gasteiger partial charge < -0.3 is 4.74 Å². The van der Waals surface area contributed by atoms with E-state index in [1.807, 2.05) is 53.9 Å². The molecule has 0 aliphatic rings. The third-order valence-corrected chi connectivity index (χ3v) is 5.33. The quantitative estimate of drug-likeness (QED) is 0.535. The molecule has 144 valence electrons. The van der Waals surface area contributed by atoms with Crippen molar-refractivity contribution in [3.05, 3.63) is 70.3 Å². The number of benzene rings is 2. The summed E-state index contributed by atoms with van der Waals surface area (Å²) >= 11 is 0. The van der Waals surface area contributed by atoms with Crippen molar-refractivity contribution < 1.29 is 4.74 Å². The number of aryl methyl sites for hydroxylation is 1. The zero-order valence-electron chi connectivity index (χ0n) is 16.5. The molecular weight excluding hydrogens is 354 g/mol. The van der Waals surface area contributed by atoms with Crippen molar-refractivity contribution in [3.63, 3.8) is 0 Å². The first-order chi connectivity index (χ1) is 13.5. The van der Waals surface area contributed by atoms with Gasteiger partial charge in [-0.1, -0.05) is 30.3 Å². The van der Waals surface area contributed by atoms with Crippen LogP contribution in [0.3, 0.4) is 0 Å². The third-order valence-electron chi connectivity index (χ3n) is 5.33. The van der Waals surface area contributed by atoms with E-state index in [-0.39, 0.29) is 11.6 Å². The Labute approximate surface area is 162 Å². The third kappa shape index (κ3) is 2.84. The Bertz CT molecular complexity index is 1210. The lowest BCUT2D eigenvalue weighted by Crippen LogP contribution is -2.25. The van der Waals surface area contributed by atoms with Gasteiger partial charge in [0, 0.05) is 18.7 Å². The second-order valence-corrected chi connectivity index (χ2v) is 6.97. The van der Waals surface area contributed by atoms with Crippen LogP contribution in [0.2, 0.25) is 0 Å². The van der Waals surface area contributed by atoms with Gasteiger partial charge in [0.1, 0.15) is 5.75 Å². The first-order valence-electron chi connectivity index (χ1n) is 9.17. The lowest BCUT2D eigenvalue weighted by molar-refractivity contribution is 0.240. The average molecular weight is 377 g/mol. The van der Waals surface area contributed by atoms with Crippen LogP contribution in [0.1, 0.15) is 24.4 Å². The molecular formula is C21H23N5O2. The van der Waals surface area contributed by atoms with Crippen LogP contribution < -0.4 is 10.3 Å². The Hall–Kier alpha value is -3.19. The van der Waals surface area contributed by atoms with Gasteiger partial charge in [0.15, 0.2) is 5.82 Å². The molecule has 0 N–H and O–H groups in total. The molecule has 0 radical (unpaired) electrons. The standard InChI is InChI=1S/C21H23N5O2/c1-14(15-9-6-8-12-18(15)28-4)24(2)13-19-22-23-21-25(3)20(27)16-10-5-7-11-17(16)26(19)21/h5-12,14H,13H2,1-4H3. The molecule has 1 atom stereocenters. The van der Waals surface area contributed by atoms with E-state index in [0.717, 1.165) is 22.7 Å². The van der Waals surface area contributed by atoms with Crippen molar-refractivity contribution >= 4 is 16.7 Å². The van der Waals surface area contributed by atoms with Crippen LogP contribution in [0, 0.1) is 0 Å². The molecule has 0 aliphatic carbocycles. The van der Waals surface area contributed by atoms with E-state index in [1.54, 1.807) is 18.7 Å². The fraction of sp³-hybridized carbons (Fsp3) is 0.286. The van der Waals surface area contributed by atoms with Crippen LogP contribution in [0.25, 0.3) is 16.7 Å². The number of methoxy groups -OCH3 is 1. The topological polar surface area (TPSA) is 64.7 Å². The molecule has 2 aromatic carbocycles. The Morgan fingerprint density at radius 1 is 1.11 bits per heavy atom. The first-order valence-corrected chi connectivity index (χ1v) is 9.17. The molecule has 0 bridgehead atoms. The second-order valence-electron chi connectivity index (χ2n) is 6.97. The van der Waals surface area contributed by atoms with Crippen molar-refractivity contribution in [2.45, 2.75) is 19.5 Å². The molecule has 7 nitrogen and oxygen atoms in total. The van der Waals surface area contributed by atoms with Crippen LogP contribution >= 0.6 is 0 Å². The SMILES string of the molecule is COc1ccccc1C(C)N(C)Cc1nnc2n(C)c(=O)c3ccccc3n12. The first kappa shape index (κ1) is 18.2. The zero-order valence-corrected chi connectivity index (χ0v) is 16.5. The molecule has 0 aliphatic heterocycles. The zero-order chi connectivity index (χ0) is 19.8. The minimum Gasteiger partial charge on any atom is -0.496 e. The largest absolute Gasteiger partial charge is 0.496 e. The molecule has 0 saturated carbocycles. The summed E-state index contributed by atoms with van der Waals surface area (Å²) < 4.78 is 9.02. The van der Waals surface area contributed by atoms with Gasteiger partial charge in [-0.05, 0) is 32.2 Å². The monoisotopic (exact) mass is 377 g/mol. The summed E-state index contributed by atoms with van der Waals surface area (Å²) in [6.07, 6.45) is 0. The van der Waals surface area contributed by atoms with Gasteiger partial charge in [-0.3, -0.25) is 18.7 Å². The van der Waals surface area contributed by atoms with Gasteiger partial charge in [-0.2, -0.15) is 0 Å². The van der Waals surface area contributed by atoms with Crippen LogP contribution in [-0.2, 0) is 13.6 Å². The van der Waals surface area contributed by atoms with Gasteiger partial charge in [0.25, 0.3) is 5.56 Å². The summed E-state index contributed by atoms with van der Waals surface area (Å²) in [5.41, 5.74) is 1.86. The van der Waals surface area contributed by atoms with Crippen molar-refractivity contribution in [1.82, 2.24) is 24.1 Å². The predicted octanol–water partition coefficient (Wildman–Crippen LogP) is 2.78. The molecule has 2 heterocycles. The summed E-state index contributed by atoms with van der Waals surface area (Å²) in [6, 6.07) is 15.7. The van der Waals surface area contributed by atoms with E-state index in [1.165, 1.54) is 0 Å². The van der Waals surface area contributed by atoms with Gasteiger partial charge >= 0.3 is 0 Å². The molecule has 0 fully saturated rings. The van der Waals surface area contributed by atoms with E-state index >= 15 is 0 Å². The highest BCUT2D eigenvalue weighted by atomic mass is 16.5. The fourth-order valence-corrected chi connectivity index (χ4v) is 3.60. The fourth-order valence-electron chi connectivity index (χ4n) is 3.60. The predicted molar refractivity (Wildman–Crippen MR) is 109 cm³/mol. The minimum absolute atomic E-state index is 0.0715. The van der Waals surface area contributed by atoms with E-state index in [9.17, 15) is 4.79 Å². The number of hydrogen-bond acceptors (Lipinski definition) is 5. The molecule has 0 saturated heterocycles. The van der Waals surface area contributed by atoms with Crippen LogP contribution in [0.4, 0.5) is 0 Å². The van der Waals surface area contributed by atoms with Gasteiger partial charge in [-0.15, -0.1) is 10.2 Å². The number of fused-ring (bicyclic) bond motifs is 3. The maximum Gasteiger partial charge on any atom is 0.262 e. The maximum atomic E-state index is 12.6. The summed E-state index contributed by atoms with van der Waals surface area (Å²) in [6.45, 7) is 2.71. The van der Waals surface area contributed by atoms with Crippen LogP contribution in [0.15, 0.2) is 53.3 Å². The van der Waals surface area contributed by atoms with Gasteiger partial charge in [0.05, 0.1) is 24.6 Å². The van der Waals surface area contributed by atoms with Crippen molar-refractivity contribution in [2.75, 3.05) is 14.2 Å². The van der Waals surface area contributed by atoms with E-state index < -0.39 is 0 Å². The number of nitrogens with zero attached hydrogens (tertiary/aromatic N) is 5. The minimum atomic E-state index is -0.0715. The Morgan fingerprint density at radius 3 is 2.61 bits per heavy atom. The summed E-state index contributed by atoms with van der Waals surface area (Å²) in [5, 5.41) is 9.31. The lowest BCUT2D eigenvalue weighted by atomic mass is 10.1. The number of ether oxygens (including phenoxy) is 1. The maximum absolute atomic E-state index is 12.6. The van der Waals surface area contributed by atoms with E-state index in [4.69, 9.17) is 4.74 Å². The molecule has 2 aromatic heterocycles. The smallest absolute Gasteiger partial charge is 0.262 e. The Morgan fingerprint density at radius 2 is 1.82 bits per heavy atom. The lowest BCUT2D eigenvalue weighted by Gasteiger charge is -2.25. The van der Waals surface area contributed by atoms with Crippen molar-refractivity contribution in [1.29, 1.82) is 0 Å². The highest BCUT2D eigenvalue weighted by molar-refractivity contribution is 5.80. The number of aromatic nitrogens is 4. The number of rotatable bonds is 5. The second kappa shape index (κ2) is 7.09. The van der Waals surface area contributed by atoms with Crippen LogP contribution in [-0.4, -0.2) is 38.2 Å². The highest BCUT2D eigenvalue weighted by Crippen LogP contribution is 2.29. The van der Waals surface area contributed by atoms with Crippen molar-refractivity contribution in [3.8, 4) is 5.75 Å². The molecule has 0 amide bonds.